The molecule has 0 radical (unpaired) electrons. The third-order valence-corrected chi connectivity index (χ3v) is 7.54. The fourth-order valence-corrected chi connectivity index (χ4v) is 5.34. The number of hydrazine groups is 2. The zero-order chi connectivity index (χ0) is 31.1. The molecule has 0 aliphatic carbocycles. The standard InChI is InChI=1S/C33H39N9O2/c1-23-38-31(30(34)20-36-22-37-40(2)35)32(39-26-12-16-28(44-3)17-13-26)33(43)42(23)27-14-10-24(11-15-27)29-9-5-4-8-25(29)21-41-18-6-7-19-41/h4-5,8-17,22,34,39H,6-7,18-21,35H2,1-3H3,(H,36,37). The lowest BCUT2D eigenvalue weighted by Crippen LogP contribution is -2.39. The van der Waals surface area contributed by atoms with Crippen molar-refractivity contribution in [2.24, 2.45) is 10.8 Å². The summed E-state index contributed by atoms with van der Waals surface area (Å²) in [6, 6.07) is 23.7. The molecule has 0 amide bonds. The number of hydrogen-bond acceptors (Lipinski definition) is 9. The van der Waals surface area contributed by atoms with E-state index in [-0.39, 0.29) is 29.2 Å². The number of ether oxygens (including phenoxy) is 1. The van der Waals surface area contributed by atoms with E-state index in [1.807, 2.05) is 36.4 Å². The summed E-state index contributed by atoms with van der Waals surface area (Å²) in [5, 5.41) is 13.2. The van der Waals surface area contributed by atoms with Crippen LogP contribution >= 0.6 is 0 Å². The number of nitrogens with zero attached hydrogens (tertiary/aromatic N) is 5. The maximum absolute atomic E-state index is 14.1. The Morgan fingerprint density at radius 3 is 2.48 bits per heavy atom. The first-order valence-corrected chi connectivity index (χ1v) is 14.6. The van der Waals surface area contributed by atoms with Crippen molar-refractivity contribution < 1.29 is 4.74 Å². The Hall–Kier alpha value is -4.84. The van der Waals surface area contributed by atoms with Crippen LogP contribution in [0.1, 0.15) is 29.9 Å². The maximum Gasteiger partial charge on any atom is 0.282 e. The van der Waals surface area contributed by atoms with Gasteiger partial charge in [-0.3, -0.25) is 30.5 Å². The number of nitrogens with one attached hydrogen (secondary N) is 3. The van der Waals surface area contributed by atoms with Crippen molar-refractivity contribution in [3.8, 4) is 22.6 Å². The van der Waals surface area contributed by atoms with Gasteiger partial charge in [-0.05, 0) is 85.9 Å². The summed E-state index contributed by atoms with van der Waals surface area (Å²) < 4.78 is 6.84. The van der Waals surface area contributed by atoms with Crippen LogP contribution in [0.4, 0.5) is 11.4 Å². The van der Waals surface area contributed by atoms with Crippen molar-refractivity contribution in [3.63, 3.8) is 0 Å². The van der Waals surface area contributed by atoms with Crippen LogP contribution in [-0.4, -0.2) is 65.4 Å². The minimum atomic E-state index is -0.320. The number of methoxy groups -OCH3 is 1. The fraction of sp³-hybridized carbons (Fsp3) is 0.273. The molecule has 44 heavy (non-hydrogen) atoms. The zero-order valence-electron chi connectivity index (χ0n) is 25.4. The third-order valence-electron chi connectivity index (χ3n) is 7.54. The van der Waals surface area contributed by atoms with Crippen molar-refractivity contribution in [3.05, 3.63) is 100 Å². The van der Waals surface area contributed by atoms with E-state index in [2.05, 4.69) is 44.9 Å². The molecule has 0 unspecified atom stereocenters. The molecule has 11 nitrogen and oxygen atoms in total. The van der Waals surface area contributed by atoms with Gasteiger partial charge in [-0.15, -0.1) is 0 Å². The molecular formula is C33H39N9O2. The molecule has 1 saturated heterocycles. The summed E-state index contributed by atoms with van der Waals surface area (Å²) >= 11 is 0. The molecule has 0 spiro atoms. The van der Waals surface area contributed by atoms with E-state index >= 15 is 0 Å². The first kappa shape index (κ1) is 30.6. The monoisotopic (exact) mass is 593 g/mol. The van der Waals surface area contributed by atoms with Crippen molar-refractivity contribution in [1.29, 1.82) is 5.41 Å². The van der Waals surface area contributed by atoms with E-state index in [4.69, 9.17) is 21.0 Å². The second kappa shape index (κ2) is 14.1. The summed E-state index contributed by atoms with van der Waals surface area (Å²) in [5.41, 5.74) is 7.81. The average molecular weight is 594 g/mol. The second-order valence-electron chi connectivity index (χ2n) is 10.8. The first-order valence-electron chi connectivity index (χ1n) is 14.6. The molecule has 228 valence electrons. The minimum absolute atomic E-state index is 0.000436. The molecular weight excluding hydrogens is 554 g/mol. The fourth-order valence-electron chi connectivity index (χ4n) is 5.34. The zero-order valence-corrected chi connectivity index (χ0v) is 25.4. The molecule has 3 aromatic carbocycles. The molecule has 4 aromatic rings. The van der Waals surface area contributed by atoms with Crippen LogP contribution in [0.5, 0.6) is 5.75 Å². The van der Waals surface area contributed by atoms with E-state index in [1.165, 1.54) is 35.4 Å². The summed E-state index contributed by atoms with van der Waals surface area (Å²) in [7, 11) is 3.22. The summed E-state index contributed by atoms with van der Waals surface area (Å²) in [4.78, 5) is 25.5. The van der Waals surface area contributed by atoms with Gasteiger partial charge in [0.25, 0.3) is 5.56 Å². The number of anilines is 2. The number of nitrogens with two attached hydrogens (primary N) is 1. The number of aliphatic imine (C=N–C) groups is 1. The highest BCUT2D eigenvalue weighted by molar-refractivity contribution is 6.03. The minimum Gasteiger partial charge on any atom is -0.497 e. The van der Waals surface area contributed by atoms with Gasteiger partial charge in [-0.25, -0.2) is 4.98 Å². The second-order valence-corrected chi connectivity index (χ2v) is 10.8. The Labute approximate surface area is 257 Å². The molecule has 1 aromatic heterocycles. The smallest absolute Gasteiger partial charge is 0.282 e. The molecule has 2 heterocycles. The third kappa shape index (κ3) is 7.20. The molecule has 0 atom stereocenters. The average Bonchev–Trinajstić information content (AvgIpc) is 3.54. The van der Waals surface area contributed by atoms with Gasteiger partial charge >= 0.3 is 0 Å². The van der Waals surface area contributed by atoms with Gasteiger partial charge in [0.2, 0.25) is 0 Å². The van der Waals surface area contributed by atoms with Crippen molar-refractivity contribution in [2.75, 3.05) is 39.1 Å². The van der Waals surface area contributed by atoms with Gasteiger partial charge in [0.1, 0.15) is 23.0 Å². The van der Waals surface area contributed by atoms with E-state index < -0.39 is 0 Å². The number of likely N-dealkylation sites (tertiary alicyclic amines) is 1. The Morgan fingerprint density at radius 2 is 1.80 bits per heavy atom. The SMILES string of the molecule is COc1ccc(Nc2c(C(=N)CN=CNN(C)N)nc(C)n(-c3ccc(-c4ccccc4CN4CCCC4)cc3)c2=O)cc1. The molecule has 1 fully saturated rings. The van der Waals surface area contributed by atoms with E-state index in [0.29, 0.717) is 22.9 Å². The van der Waals surface area contributed by atoms with Crippen LogP contribution in [-0.2, 0) is 6.54 Å². The Balaban J connectivity index is 1.49. The highest BCUT2D eigenvalue weighted by atomic mass is 16.5. The quantitative estimate of drug-likeness (QED) is 0.0828. The topological polar surface area (TPSA) is 137 Å². The highest BCUT2D eigenvalue weighted by Gasteiger charge is 2.20. The summed E-state index contributed by atoms with van der Waals surface area (Å²) in [5.74, 6) is 6.70. The maximum atomic E-state index is 14.1. The molecule has 1 aliphatic rings. The van der Waals surface area contributed by atoms with Crippen LogP contribution in [0.3, 0.4) is 0 Å². The normalized spacial score (nSPS) is 13.5. The lowest BCUT2D eigenvalue weighted by atomic mass is 9.99. The van der Waals surface area contributed by atoms with E-state index in [0.717, 1.165) is 25.2 Å². The van der Waals surface area contributed by atoms with Gasteiger partial charge in [-0.1, -0.05) is 36.4 Å². The van der Waals surface area contributed by atoms with Crippen molar-refractivity contribution in [2.45, 2.75) is 26.3 Å². The Kier molecular flexibility index (Phi) is 9.80. The number of rotatable bonds is 12. The largest absolute Gasteiger partial charge is 0.497 e. The molecule has 11 heteroatoms. The van der Waals surface area contributed by atoms with Gasteiger partial charge in [0, 0.05) is 19.3 Å². The van der Waals surface area contributed by atoms with E-state index in [1.54, 1.807) is 37.8 Å². The molecule has 0 bridgehead atoms. The highest BCUT2D eigenvalue weighted by Crippen LogP contribution is 2.28. The summed E-state index contributed by atoms with van der Waals surface area (Å²) in [6.07, 6.45) is 3.90. The molecule has 1 aliphatic heterocycles. The number of aryl methyl sites for hydroxylation is 1. The number of hydrogen-bond donors (Lipinski definition) is 4. The predicted molar refractivity (Wildman–Crippen MR) is 176 cm³/mol. The van der Waals surface area contributed by atoms with Gasteiger partial charge in [0.05, 0.1) is 31.4 Å². The molecule has 0 saturated carbocycles. The van der Waals surface area contributed by atoms with Crippen LogP contribution in [0, 0.1) is 12.3 Å². The first-order chi connectivity index (χ1) is 21.3. The van der Waals surface area contributed by atoms with Crippen molar-refractivity contribution >= 4 is 23.4 Å². The molecule has 5 rings (SSSR count). The number of aromatic nitrogens is 2. The van der Waals surface area contributed by atoms with Gasteiger partial charge in [0.15, 0.2) is 0 Å². The van der Waals surface area contributed by atoms with Gasteiger partial charge in [-0.2, -0.15) is 5.12 Å². The van der Waals surface area contributed by atoms with Crippen LogP contribution in [0.25, 0.3) is 16.8 Å². The van der Waals surface area contributed by atoms with Crippen LogP contribution in [0.15, 0.2) is 82.6 Å². The van der Waals surface area contributed by atoms with Gasteiger partial charge < -0.3 is 15.5 Å². The van der Waals surface area contributed by atoms with Crippen molar-refractivity contribution in [1.82, 2.24) is 25.0 Å². The summed E-state index contributed by atoms with van der Waals surface area (Å²) in [6.45, 7) is 4.97. The van der Waals surface area contributed by atoms with Crippen LogP contribution < -0.4 is 26.9 Å². The van der Waals surface area contributed by atoms with E-state index in [9.17, 15) is 4.79 Å². The Morgan fingerprint density at radius 1 is 1.09 bits per heavy atom. The number of benzene rings is 3. The predicted octanol–water partition coefficient (Wildman–Crippen LogP) is 4.26. The molecule has 5 N–H and O–H groups in total. The Bertz CT molecular complexity index is 1670. The lowest BCUT2D eigenvalue weighted by molar-refractivity contribution is 0.309. The lowest BCUT2D eigenvalue weighted by Gasteiger charge is -2.19. The van der Waals surface area contributed by atoms with Crippen LogP contribution in [0.2, 0.25) is 0 Å².